The van der Waals surface area contributed by atoms with E-state index in [1.54, 1.807) is 0 Å². The Morgan fingerprint density at radius 3 is 2.92 bits per heavy atom. The quantitative estimate of drug-likeness (QED) is 0.616. The first kappa shape index (κ1) is 16.6. The van der Waals surface area contributed by atoms with E-state index in [4.69, 9.17) is 9.97 Å². The third-order valence-corrected chi connectivity index (χ3v) is 4.79. The zero-order valence-corrected chi connectivity index (χ0v) is 15.1. The molecule has 0 spiro atoms. The van der Waals surface area contributed by atoms with Gasteiger partial charge < -0.3 is 15.6 Å². The van der Waals surface area contributed by atoms with Gasteiger partial charge in [-0.25, -0.2) is 9.97 Å². The lowest BCUT2D eigenvalue weighted by Crippen LogP contribution is -2.31. The van der Waals surface area contributed by atoms with Crippen LogP contribution in [0.1, 0.15) is 41.5 Å². The number of hydrogen-bond donors (Lipinski definition) is 3. The molecule has 6 nitrogen and oxygen atoms in total. The van der Waals surface area contributed by atoms with Crippen LogP contribution in [0.2, 0.25) is 0 Å². The lowest BCUT2D eigenvalue weighted by molar-refractivity contribution is 0.0946. The lowest BCUT2D eigenvalue weighted by Gasteiger charge is -2.11. The summed E-state index contributed by atoms with van der Waals surface area (Å²) in [6.07, 6.45) is 3.05. The molecule has 4 rings (SSSR count). The molecular formula is C20H23N5O. The summed E-state index contributed by atoms with van der Waals surface area (Å²) in [7, 11) is 0. The van der Waals surface area contributed by atoms with Crippen LogP contribution >= 0.6 is 0 Å². The van der Waals surface area contributed by atoms with E-state index < -0.39 is 0 Å². The van der Waals surface area contributed by atoms with Crippen molar-refractivity contribution in [2.24, 2.45) is 0 Å². The highest BCUT2D eigenvalue weighted by Gasteiger charge is 2.21. The number of para-hydroxylation sites is 1. The smallest absolute Gasteiger partial charge is 0.253 e. The zero-order chi connectivity index (χ0) is 18.1. The summed E-state index contributed by atoms with van der Waals surface area (Å²) in [4.78, 5) is 25.1. The fourth-order valence-electron chi connectivity index (χ4n) is 3.37. The number of nitrogens with zero attached hydrogens (tertiary/aromatic N) is 2. The SMILES string of the molecule is CCCCNc1nc2c(-c3cc4c([nH]3)CCNC4=O)cccc2nc1C. The number of benzene rings is 1. The van der Waals surface area contributed by atoms with Gasteiger partial charge in [-0.15, -0.1) is 0 Å². The van der Waals surface area contributed by atoms with E-state index >= 15 is 0 Å². The molecular weight excluding hydrogens is 326 g/mol. The van der Waals surface area contributed by atoms with E-state index in [9.17, 15) is 4.79 Å². The van der Waals surface area contributed by atoms with Gasteiger partial charge in [-0.3, -0.25) is 4.79 Å². The van der Waals surface area contributed by atoms with E-state index in [2.05, 4.69) is 22.5 Å². The van der Waals surface area contributed by atoms with Gasteiger partial charge in [0.15, 0.2) is 0 Å². The van der Waals surface area contributed by atoms with Crippen molar-refractivity contribution in [1.29, 1.82) is 0 Å². The van der Waals surface area contributed by atoms with Crippen LogP contribution in [0, 0.1) is 6.92 Å². The fourth-order valence-corrected chi connectivity index (χ4v) is 3.37. The Bertz CT molecular complexity index is 976. The van der Waals surface area contributed by atoms with Crippen molar-refractivity contribution >= 4 is 22.8 Å². The minimum atomic E-state index is -0.0159. The second-order valence-electron chi connectivity index (χ2n) is 6.69. The maximum atomic E-state index is 12.1. The van der Waals surface area contributed by atoms with Crippen molar-refractivity contribution < 1.29 is 4.79 Å². The number of aromatic nitrogens is 3. The zero-order valence-electron chi connectivity index (χ0n) is 15.1. The number of amides is 1. The molecule has 3 heterocycles. The number of unbranched alkanes of at least 4 members (excludes halogenated alkanes) is 1. The Labute approximate surface area is 152 Å². The molecule has 0 saturated heterocycles. The standard InChI is InChI=1S/C20H23N5O/c1-3-4-9-21-19-12(2)23-16-7-5-6-13(18(16)25-19)17-11-14-15(24-17)8-10-22-20(14)26/h5-7,11,24H,3-4,8-10H2,1-2H3,(H,21,25)(H,22,26). The van der Waals surface area contributed by atoms with E-state index in [0.717, 1.165) is 70.9 Å². The molecule has 6 heteroatoms. The Kier molecular flexibility index (Phi) is 4.32. The van der Waals surface area contributed by atoms with Crippen LogP contribution in [0.25, 0.3) is 22.3 Å². The molecule has 0 fully saturated rings. The van der Waals surface area contributed by atoms with Gasteiger partial charge in [0.1, 0.15) is 11.3 Å². The number of carbonyl (C=O) groups excluding carboxylic acids is 1. The fraction of sp³-hybridized carbons (Fsp3) is 0.350. The number of nitrogens with one attached hydrogen (secondary N) is 3. The number of carbonyl (C=O) groups is 1. The number of rotatable bonds is 5. The van der Waals surface area contributed by atoms with E-state index in [0.29, 0.717) is 6.54 Å². The minimum Gasteiger partial charge on any atom is -0.369 e. The van der Waals surface area contributed by atoms with Gasteiger partial charge in [-0.2, -0.15) is 0 Å². The molecule has 0 aliphatic carbocycles. The van der Waals surface area contributed by atoms with Gasteiger partial charge in [0.25, 0.3) is 5.91 Å². The first-order chi connectivity index (χ1) is 12.7. The monoisotopic (exact) mass is 349 g/mol. The summed E-state index contributed by atoms with van der Waals surface area (Å²) >= 11 is 0. The van der Waals surface area contributed by atoms with E-state index in [1.165, 1.54) is 0 Å². The van der Waals surface area contributed by atoms with Crippen molar-refractivity contribution in [3.63, 3.8) is 0 Å². The first-order valence-electron chi connectivity index (χ1n) is 9.19. The third kappa shape index (κ3) is 2.92. The topological polar surface area (TPSA) is 82.7 Å². The number of anilines is 1. The number of H-pyrrole nitrogens is 1. The highest BCUT2D eigenvalue weighted by molar-refractivity contribution is 5.99. The van der Waals surface area contributed by atoms with Gasteiger partial charge in [-0.05, 0) is 25.5 Å². The molecule has 0 bridgehead atoms. The van der Waals surface area contributed by atoms with Crippen LogP contribution in [-0.2, 0) is 6.42 Å². The summed E-state index contributed by atoms with van der Waals surface area (Å²) in [5.74, 6) is 0.810. The third-order valence-electron chi connectivity index (χ3n) is 4.79. The first-order valence-corrected chi connectivity index (χ1v) is 9.19. The van der Waals surface area contributed by atoms with Crippen LogP contribution in [0.5, 0.6) is 0 Å². The average Bonchev–Trinajstić information content (AvgIpc) is 3.07. The number of aryl methyl sites for hydroxylation is 1. The van der Waals surface area contributed by atoms with Gasteiger partial charge in [0.2, 0.25) is 0 Å². The van der Waals surface area contributed by atoms with Crippen LogP contribution in [0.15, 0.2) is 24.3 Å². The second-order valence-corrected chi connectivity index (χ2v) is 6.69. The Morgan fingerprint density at radius 2 is 2.12 bits per heavy atom. The molecule has 0 unspecified atom stereocenters. The molecule has 2 aromatic heterocycles. The molecule has 0 saturated carbocycles. The highest BCUT2D eigenvalue weighted by Crippen LogP contribution is 2.30. The van der Waals surface area contributed by atoms with Crippen molar-refractivity contribution in [2.75, 3.05) is 18.4 Å². The maximum absolute atomic E-state index is 12.1. The Morgan fingerprint density at radius 1 is 1.23 bits per heavy atom. The van der Waals surface area contributed by atoms with Gasteiger partial charge in [0, 0.05) is 36.5 Å². The molecule has 134 valence electrons. The van der Waals surface area contributed by atoms with Gasteiger partial charge in [-0.1, -0.05) is 25.5 Å². The maximum Gasteiger partial charge on any atom is 0.253 e. The molecule has 3 aromatic rings. The summed E-state index contributed by atoms with van der Waals surface area (Å²) in [6.45, 7) is 5.70. The summed E-state index contributed by atoms with van der Waals surface area (Å²) in [5.41, 5.74) is 6.20. The average molecular weight is 349 g/mol. The summed E-state index contributed by atoms with van der Waals surface area (Å²) in [6, 6.07) is 7.90. The largest absolute Gasteiger partial charge is 0.369 e. The number of fused-ring (bicyclic) bond motifs is 2. The van der Waals surface area contributed by atoms with E-state index in [1.807, 2.05) is 31.2 Å². The lowest BCUT2D eigenvalue weighted by atomic mass is 10.1. The molecule has 26 heavy (non-hydrogen) atoms. The molecule has 1 aliphatic heterocycles. The van der Waals surface area contributed by atoms with Crippen molar-refractivity contribution in [2.45, 2.75) is 33.1 Å². The van der Waals surface area contributed by atoms with Crippen LogP contribution < -0.4 is 10.6 Å². The second kappa shape index (κ2) is 6.78. The van der Waals surface area contributed by atoms with Crippen LogP contribution in [0.4, 0.5) is 5.82 Å². The van der Waals surface area contributed by atoms with Crippen molar-refractivity contribution in [3.05, 3.63) is 41.2 Å². The summed E-state index contributed by atoms with van der Waals surface area (Å²) in [5, 5.41) is 6.28. The minimum absolute atomic E-state index is 0.0159. The predicted molar refractivity (Wildman–Crippen MR) is 103 cm³/mol. The normalized spacial score (nSPS) is 13.5. The molecule has 0 radical (unpaired) electrons. The molecule has 3 N–H and O–H groups in total. The number of aromatic amines is 1. The molecule has 1 aromatic carbocycles. The Hall–Kier alpha value is -2.89. The van der Waals surface area contributed by atoms with Crippen LogP contribution in [0.3, 0.4) is 0 Å². The number of hydrogen-bond acceptors (Lipinski definition) is 4. The molecule has 0 atom stereocenters. The molecule has 1 aliphatic rings. The predicted octanol–water partition coefficient (Wildman–Crippen LogP) is 3.43. The van der Waals surface area contributed by atoms with Gasteiger partial charge >= 0.3 is 0 Å². The van der Waals surface area contributed by atoms with Gasteiger partial charge in [0.05, 0.1) is 16.8 Å². The molecule has 1 amide bonds. The van der Waals surface area contributed by atoms with Crippen molar-refractivity contribution in [3.8, 4) is 11.3 Å². The highest BCUT2D eigenvalue weighted by atomic mass is 16.1. The Balaban J connectivity index is 1.80. The van der Waals surface area contributed by atoms with Crippen LogP contribution in [-0.4, -0.2) is 33.9 Å². The van der Waals surface area contributed by atoms with Crippen molar-refractivity contribution in [1.82, 2.24) is 20.3 Å². The van der Waals surface area contributed by atoms with E-state index in [-0.39, 0.29) is 5.91 Å². The summed E-state index contributed by atoms with van der Waals surface area (Å²) < 4.78 is 0.